The van der Waals surface area contributed by atoms with Crippen LogP contribution in [-0.2, 0) is 11.3 Å². The summed E-state index contributed by atoms with van der Waals surface area (Å²) in [5.74, 6) is 1.95. The molecule has 0 saturated heterocycles. The molecule has 5 heteroatoms. The van der Waals surface area contributed by atoms with Crippen molar-refractivity contribution in [3.05, 3.63) is 60.0 Å². The fourth-order valence-electron chi connectivity index (χ4n) is 2.61. The molecule has 23 heavy (non-hydrogen) atoms. The van der Waals surface area contributed by atoms with E-state index in [1.807, 2.05) is 48.0 Å². The van der Waals surface area contributed by atoms with Crippen LogP contribution in [0.4, 0.5) is 0 Å². The van der Waals surface area contributed by atoms with E-state index in [1.54, 1.807) is 19.4 Å². The zero-order valence-electron chi connectivity index (χ0n) is 13.0. The number of rotatable bonds is 6. The molecule has 0 aliphatic rings. The van der Waals surface area contributed by atoms with E-state index in [2.05, 4.69) is 0 Å². The molecule has 2 heterocycles. The third-order valence-corrected chi connectivity index (χ3v) is 3.66. The summed E-state index contributed by atoms with van der Waals surface area (Å²) in [6, 6.07) is 11.4. The number of carbonyl (C=O) groups is 1. The van der Waals surface area contributed by atoms with Crippen LogP contribution in [0.15, 0.2) is 53.3 Å². The van der Waals surface area contributed by atoms with Gasteiger partial charge in [0.15, 0.2) is 0 Å². The highest BCUT2D eigenvalue weighted by atomic mass is 16.5. The monoisotopic (exact) mass is 311 g/mol. The predicted octanol–water partition coefficient (Wildman–Crippen LogP) is 3.65. The molecule has 0 amide bonds. The third-order valence-electron chi connectivity index (χ3n) is 3.66. The Hall–Kier alpha value is -2.95. The standard InChI is InChI=1S/C18H17NO4/c1-13-10-19(11-14-5-7-15(21-2)8-6-14)18(23-12-20)17(13)16-4-3-9-22-16/h3-10,12H,11H2,1-2H3. The first-order valence-corrected chi connectivity index (χ1v) is 7.19. The summed E-state index contributed by atoms with van der Waals surface area (Å²) in [6.45, 7) is 2.97. The Bertz CT molecular complexity index is 785. The van der Waals surface area contributed by atoms with Gasteiger partial charge in [-0.1, -0.05) is 12.1 Å². The molecular formula is C18H17NO4. The van der Waals surface area contributed by atoms with Crippen LogP contribution in [0.5, 0.6) is 11.6 Å². The number of hydrogen-bond donors (Lipinski definition) is 0. The van der Waals surface area contributed by atoms with Crippen molar-refractivity contribution in [1.29, 1.82) is 0 Å². The topological polar surface area (TPSA) is 53.6 Å². The molecular weight excluding hydrogens is 294 g/mol. The van der Waals surface area contributed by atoms with Gasteiger partial charge >= 0.3 is 0 Å². The van der Waals surface area contributed by atoms with Crippen LogP contribution in [0.25, 0.3) is 11.3 Å². The molecule has 0 unspecified atom stereocenters. The first kappa shape index (κ1) is 15.0. The molecule has 3 aromatic rings. The van der Waals surface area contributed by atoms with Gasteiger partial charge in [-0.15, -0.1) is 0 Å². The number of aryl methyl sites for hydroxylation is 1. The first-order chi connectivity index (χ1) is 11.2. The van der Waals surface area contributed by atoms with Crippen LogP contribution in [0.1, 0.15) is 11.1 Å². The summed E-state index contributed by atoms with van der Waals surface area (Å²) in [5, 5.41) is 0. The summed E-state index contributed by atoms with van der Waals surface area (Å²) in [6.07, 6.45) is 3.54. The molecule has 0 atom stereocenters. The number of methoxy groups -OCH3 is 1. The van der Waals surface area contributed by atoms with Crippen LogP contribution >= 0.6 is 0 Å². The van der Waals surface area contributed by atoms with Crippen LogP contribution in [0.3, 0.4) is 0 Å². The van der Waals surface area contributed by atoms with E-state index >= 15 is 0 Å². The van der Waals surface area contributed by atoms with Gasteiger partial charge in [-0.25, -0.2) is 0 Å². The summed E-state index contributed by atoms with van der Waals surface area (Å²) in [5.41, 5.74) is 2.84. The van der Waals surface area contributed by atoms with Crippen molar-refractivity contribution in [3.63, 3.8) is 0 Å². The van der Waals surface area contributed by atoms with E-state index in [0.29, 0.717) is 24.7 Å². The Balaban J connectivity index is 1.98. The van der Waals surface area contributed by atoms with Crippen molar-refractivity contribution >= 4 is 6.47 Å². The molecule has 0 radical (unpaired) electrons. The van der Waals surface area contributed by atoms with Gasteiger partial charge in [0.25, 0.3) is 6.47 Å². The van der Waals surface area contributed by atoms with E-state index in [-0.39, 0.29) is 0 Å². The molecule has 118 valence electrons. The highest BCUT2D eigenvalue weighted by Gasteiger charge is 2.19. The fourth-order valence-corrected chi connectivity index (χ4v) is 2.61. The average Bonchev–Trinajstić information content (AvgIpc) is 3.17. The number of nitrogens with zero attached hydrogens (tertiary/aromatic N) is 1. The third kappa shape index (κ3) is 2.99. The Morgan fingerprint density at radius 3 is 2.61 bits per heavy atom. The second-order valence-electron chi connectivity index (χ2n) is 5.16. The second-order valence-corrected chi connectivity index (χ2v) is 5.16. The maximum absolute atomic E-state index is 10.9. The molecule has 0 spiro atoms. The lowest BCUT2D eigenvalue weighted by Crippen LogP contribution is -2.03. The van der Waals surface area contributed by atoms with Crippen LogP contribution < -0.4 is 9.47 Å². The zero-order chi connectivity index (χ0) is 16.2. The van der Waals surface area contributed by atoms with E-state index in [1.165, 1.54) is 0 Å². The molecule has 5 nitrogen and oxygen atoms in total. The van der Waals surface area contributed by atoms with E-state index in [9.17, 15) is 4.79 Å². The fraction of sp³-hybridized carbons (Fsp3) is 0.167. The largest absolute Gasteiger partial charge is 0.497 e. The van der Waals surface area contributed by atoms with Crippen LogP contribution in [0.2, 0.25) is 0 Å². The van der Waals surface area contributed by atoms with Gasteiger partial charge in [0.1, 0.15) is 11.5 Å². The summed E-state index contributed by atoms with van der Waals surface area (Å²) >= 11 is 0. The van der Waals surface area contributed by atoms with Gasteiger partial charge in [-0.05, 0) is 42.3 Å². The summed E-state index contributed by atoms with van der Waals surface area (Å²) in [7, 11) is 1.63. The first-order valence-electron chi connectivity index (χ1n) is 7.19. The predicted molar refractivity (Wildman–Crippen MR) is 85.7 cm³/mol. The lowest BCUT2D eigenvalue weighted by atomic mass is 10.1. The highest BCUT2D eigenvalue weighted by Crippen LogP contribution is 2.35. The van der Waals surface area contributed by atoms with Gasteiger partial charge in [0.05, 0.1) is 25.5 Å². The van der Waals surface area contributed by atoms with Gasteiger partial charge in [0, 0.05) is 6.20 Å². The number of ether oxygens (including phenoxy) is 2. The van der Waals surface area contributed by atoms with Gasteiger partial charge in [-0.2, -0.15) is 0 Å². The molecule has 0 aliphatic carbocycles. The van der Waals surface area contributed by atoms with Crippen molar-refractivity contribution in [2.45, 2.75) is 13.5 Å². The molecule has 0 saturated carbocycles. The van der Waals surface area contributed by atoms with E-state index < -0.39 is 0 Å². The Morgan fingerprint density at radius 2 is 2.00 bits per heavy atom. The molecule has 0 bridgehead atoms. The Kier molecular flexibility index (Phi) is 4.19. The maximum atomic E-state index is 10.9. The van der Waals surface area contributed by atoms with Crippen molar-refractivity contribution in [1.82, 2.24) is 4.57 Å². The number of carbonyl (C=O) groups excluding carboxylic acids is 1. The van der Waals surface area contributed by atoms with Crippen molar-refractivity contribution in [3.8, 4) is 23.0 Å². The molecule has 1 aromatic carbocycles. The maximum Gasteiger partial charge on any atom is 0.299 e. The lowest BCUT2D eigenvalue weighted by Gasteiger charge is -2.09. The van der Waals surface area contributed by atoms with Gasteiger partial charge in [-0.3, -0.25) is 4.79 Å². The minimum Gasteiger partial charge on any atom is -0.497 e. The van der Waals surface area contributed by atoms with Crippen molar-refractivity contribution in [2.24, 2.45) is 0 Å². The molecule has 0 N–H and O–H groups in total. The zero-order valence-corrected chi connectivity index (χ0v) is 13.0. The molecule has 0 fully saturated rings. The van der Waals surface area contributed by atoms with E-state index in [0.717, 1.165) is 22.4 Å². The van der Waals surface area contributed by atoms with Crippen molar-refractivity contribution in [2.75, 3.05) is 7.11 Å². The second kappa shape index (κ2) is 6.44. The quantitative estimate of drug-likeness (QED) is 0.652. The smallest absolute Gasteiger partial charge is 0.299 e. The Labute approximate surface area is 134 Å². The number of hydrogen-bond acceptors (Lipinski definition) is 4. The van der Waals surface area contributed by atoms with E-state index in [4.69, 9.17) is 13.9 Å². The average molecular weight is 311 g/mol. The van der Waals surface area contributed by atoms with Gasteiger partial charge in [0.2, 0.25) is 5.88 Å². The summed E-state index contributed by atoms with van der Waals surface area (Å²) < 4.78 is 17.7. The van der Waals surface area contributed by atoms with Crippen LogP contribution in [-0.4, -0.2) is 18.1 Å². The van der Waals surface area contributed by atoms with Crippen molar-refractivity contribution < 1.29 is 18.7 Å². The van der Waals surface area contributed by atoms with Gasteiger partial charge < -0.3 is 18.5 Å². The normalized spacial score (nSPS) is 10.5. The molecule has 2 aromatic heterocycles. The Morgan fingerprint density at radius 1 is 1.22 bits per heavy atom. The number of furan rings is 1. The summed E-state index contributed by atoms with van der Waals surface area (Å²) in [4.78, 5) is 10.9. The SMILES string of the molecule is COc1ccc(Cn2cc(C)c(-c3ccco3)c2OC=O)cc1. The molecule has 0 aliphatic heterocycles. The minimum absolute atomic E-state index is 0.436. The number of aromatic nitrogens is 1. The number of benzene rings is 1. The minimum atomic E-state index is 0.436. The molecule has 3 rings (SSSR count). The van der Waals surface area contributed by atoms with Crippen LogP contribution in [0, 0.1) is 6.92 Å². The lowest BCUT2D eigenvalue weighted by molar-refractivity contribution is -0.121. The highest BCUT2D eigenvalue weighted by molar-refractivity contribution is 5.70.